The Morgan fingerprint density at radius 2 is 1.10 bits per heavy atom. The number of carbonyl (C=O) groups is 1. The van der Waals surface area contributed by atoms with Crippen molar-refractivity contribution in [2.24, 2.45) is 0 Å². The van der Waals surface area contributed by atoms with Gasteiger partial charge in [0, 0.05) is 0 Å². The van der Waals surface area contributed by atoms with Crippen LogP contribution in [0, 0.1) is 0 Å². The van der Waals surface area contributed by atoms with Gasteiger partial charge in [-0.3, -0.25) is 0 Å². The van der Waals surface area contributed by atoms with E-state index in [2.05, 4.69) is 13.8 Å². The van der Waals surface area contributed by atoms with Gasteiger partial charge in [-0.05, 0) is 53.4 Å². The third kappa shape index (κ3) is 10.1. The third-order valence-electron chi connectivity index (χ3n) is 3.48. The van der Waals surface area contributed by atoms with Crippen molar-refractivity contribution in [3.8, 4) is 0 Å². The Hall–Kier alpha value is -0.730. The lowest BCUT2D eigenvalue weighted by molar-refractivity contribution is -0.0645. The van der Waals surface area contributed by atoms with Crippen LogP contribution in [-0.2, 0) is 9.47 Å². The second kappa shape index (κ2) is 9.25. The number of ether oxygens (including phenoxy) is 2. The monoisotopic (exact) mass is 286 g/mol. The van der Waals surface area contributed by atoms with E-state index in [4.69, 9.17) is 9.47 Å². The van der Waals surface area contributed by atoms with E-state index in [1.807, 2.05) is 27.7 Å². The summed E-state index contributed by atoms with van der Waals surface area (Å²) in [5.74, 6) is 0. The molecule has 0 aromatic carbocycles. The predicted molar refractivity (Wildman–Crippen MR) is 84.0 cm³/mol. The molecule has 120 valence electrons. The zero-order valence-corrected chi connectivity index (χ0v) is 14.4. The van der Waals surface area contributed by atoms with Gasteiger partial charge in [0.2, 0.25) is 0 Å². The van der Waals surface area contributed by atoms with Crippen LogP contribution in [0.3, 0.4) is 0 Å². The summed E-state index contributed by atoms with van der Waals surface area (Å²) in [6, 6.07) is 0. The topological polar surface area (TPSA) is 35.5 Å². The van der Waals surface area contributed by atoms with Gasteiger partial charge in [0.05, 0.1) is 0 Å². The summed E-state index contributed by atoms with van der Waals surface area (Å²) < 4.78 is 10.9. The van der Waals surface area contributed by atoms with Gasteiger partial charge in [-0.25, -0.2) is 4.79 Å². The molecular weight excluding hydrogens is 252 g/mol. The molecular formula is C17H34O3. The number of carbonyl (C=O) groups excluding carboxylic acids is 1. The normalized spacial score (nSPS) is 12.3. The van der Waals surface area contributed by atoms with Crippen molar-refractivity contribution in [3.63, 3.8) is 0 Å². The summed E-state index contributed by atoms with van der Waals surface area (Å²) in [7, 11) is 0. The fraction of sp³-hybridized carbons (Fsp3) is 0.941. The van der Waals surface area contributed by atoms with E-state index < -0.39 is 17.4 Å². The van der Waals surface area contributed by atoms with E-state index in [-0.39, 0.29) is 0 Å². The maximum Gasteiger partial charge on any atom is 0.509 e. The predicted octanol–water partition coefficient (Wildman–Crippen LogP) is 5.86. The first-order valence-electron chi connectivity index (χ1n) is 8.14. The van der Waals surface area contributed by atoms with E-state index in [1.54, 1.807) is 0 Å². The van der Waals surface area contributed by atoms with Crippen molar-refractivity contribution in [2.45, 2.75) is 104 Å². The van der Waals surface area contributed by atoms with E-state index >= 15 is 0 Å². The molecule has 0 rings (SSSR count). The van der Waals surface area contributed by atoms with Gasteiger partial charge in [-0.1, -0.05) is 39.5 Å². The molecule has 0 aliphatic heterocycles. The van der Waals surface area contributed by atoms with E-state index in [0.29, 0.717) is 0 Å². The van der Waals surface area contributed by atoms with Crippen LogP contribution in [0.25, 0.3) is 0 Å². The average Bonchev–Trinajstić information content (AvgIpc) is 2.27. The summed E-state index contributed by atoms with van der Waals surface area (Å²) in [6.07, 6.45) is 8.07. The second-order valence-corrected chi connectivity index (χ2v) is 6.89. The van der Waals surface area contributed by atoms with Crippen LogP contribution >= 0.6 is 0 Å². The van der Waals surface area contributed by atoms with E-state index in [9.17, 15) is 4.79 Å². The SMILES string of the molecule is CCCCCC(C)(C)OC(=O)OC(C)(C)CCCCC. The van der Waals surface area contributed by atoms with Crippen molar-refractivity contribution in [3.05, 3.63) is 0 Å². The van der Waals surface area contributed by atoms with Crippen LogP contribution in [0.2, 0.25) is 0 Å². The lowest BCUT2D eigenvalue weighted by Crippen LogP contribution is -2.34. The quantitative estimate of drug-likeness (QED) is 0.373. The van der Waals surface area contributed by atoms with E-state index in [0.717, 1.165) is 25.7 Å². The summed E-state index contributed by atoms with van der Waals surface area (Å²) in [5.41, 5.74) is -0.877. The van der Waals surface area contributed by atoms with Crippen LogP contribution < -0.4 is 0 Å². The smallest absolute Gasteiger partial charge is 0.428 e. The largest absolute Gasteiger partial charge is 0.509 e. The molecule has 0 spiro atoms. The lowest BCUT2D eigenvalue weighted by Gasteiger charge is -2.29. The molecule has 0 atom stereocenters. The first-order valence-corrected chi connectivity index (χ1v) is 8.14. The van der Waals surface area contributed by atoms with Crippen molar-refractivity contribution in [1.29, 1.82) is 0 Å². The molecule has 0 saturated heterocycles. The maximum absolute atomic E-state index is 11.9. The average molecular weight is 286 g/mol. The van der Waals surface area contributed by atoms with Crippen molar-refractivity contribution in [1.82, 2.24) is 0 Å². The summed E-state index contributed by atoms with van der Waals surface area (Å²) in [5, 5.41) is 0. The molecule has 0 saturated carbocycles. The van der Waals surface area contributed by atoms with Gasteiger partial charge < -0.3 is 9.47 Å². The van der Waals surface area contributed by atoms with Crippen LogP contribution in [0.1, 0.15) is 92.9 Å². The molecule has 0 aliphatic carbocycles. The third-order valence-corrected chi connectivity index (χ3v) is 3.48. The Kier molecular flexibility index (Phi) is 8.91. The summed E-state index contributed by atoms with van der Waals surface area (Å²) in [4.78, 5) is 11.9. The molecule has 3 nitrogen and oxygen atoms in total. The maximum atomic E-state index is 11.9. The molecule has 0 unspecified atom stereocenters. The summed E-state index contributed by atoms with van der Waals surface area (Å²) in [6.45, 7) is 12.1. The summed E-state index contributed by atoms with van der Waals surface area (Å²) >= 11 is 0. The molecule has 0 aromatic rings. The standard InChI is InChI=1S/C17H34O3/c1-7-9-11-13-16(3,4)19-15(18)20-17(5,6)14-12-10-8-2/h7-14H2,1-6H3. The minimum absolute atomic E-state index is 0.439. The number of hydrogen-bond acceptors (Lipinski definition) is 3. The molecule has 0 fully saturated rings. The minimum Gasteiger partial charge on any atom is -0.428 e. The number of rotatable bonds is 10. The van der Waals surface area contributed by atoms with Crippen LogP contribution in [-0.4, -0.2) is 17.4 Å². The molecule has 0 amide bonds. The highest BCUT2D eigenvalue weighted by Gasteiger charge is 2.28. The molecule has 0 bridgehead atoms. The Bertz CT molecular complexity index is 243. The van der Waals surface area contributed by atoms with Gasteiger partial charge in [-0.15, -0.1) is 0 Å². The van der Waals surface area contributed by atoms with E-state index in [1.165, 1.54) is 25.7 Å². The number of hydrogen-bond donors (Lipinski definition) is 0. The van der Waals surface area contributed by atoms with Crippen LogP contribution in [0.15, 0.2) is 0 Å². The molecule has 0 N–H and O–H groups in total. The van der Waals surface area contributed by atoms with Crippen LogP contribution in [0.5, 0.6) is 0 Å². The fourth-order valence-electron chi connectivity index (χ4n) is 2.18. The fourth-order valence-corrected chi connectivity index (χ4v) is 2.18. The van der Waals surface area contributed by atoms with Gasteiger partial charge in [0.1, 0.15) is 11.2 Å². The molecule has 0 aromatic heterocycles. The highest BCUT2D eigenvalue weighted by Crippen LogP contribution is 2.23. The van der Waals surface area contributed by atoms with Crippen molar-refractivity contribution < 1.29 is 14.3 Å². The van der Waals surface area contributed by atoms with Gasteiger partial charge in [-0.2, -0.15) is 0 Å². The Labute approximate surface area is 125 Å². The van der Waals surface area contributed by atoms with Gasteiger partial charge in [0.15, 0.2) is 0 Å². The van der Waals surface area contributed by atoms with Gasteiger partial charge >= 0.3 is 6.16 Å². The first-order chi connectivity index (χ1) is 9.22. The Morgan fingerprint density at radius 1 is 0.750 bits per heavy atom. The molecule has 3 heteroatoms. The first kappa shape index (κ1) is 19.3. The highest BCUT2D eigenvalue weighted by atomic mass is 16.7. The van der Waals surface area contributed by atoms with Crippen molar-refractivity contribution >= 4 is 6.16 Å². The zero-order chi connectivity index (χ0) is 15.6. The Balaban J connectivity index is 4.12. The molecule has 0 radical (unpaired) electrons. The van der Waals surface area contributed by atoms with Gasteiger partial charge in [0.25, 0.3) is 0 Å². The zero-order valence-electron chi connectivity index (χ0n) is 14.4. The van der Waals surface area contributed by atoms with Crippen molar-refractivity contribution in [2.75, 3.05) is 0 Å². The molecule has 0 heterocycles. The molecule has 20 heavy (non-hydrogen) atoms. The highest BCUT2D eigenvalue weighted by molar-refractivity contribution is 5.61. The number of unbranched alkanes of at least 4 members (excludes halogenated alkanes) is 4. The molecule has 0 aliphatic rings. The Morgan fingerprint density at radius 3 is 1.40 bits per heavy atom. The lowest BCUT2D eigenvalue weighted by atomic mass is 10.0. The minimum atomic E-state index is -0.534. The second-order valence-electron chi connectivity index (χ2n) is 6.89. The van der Waals surface area contributed by atoms with Crippen LogP contribution in [0.4, 0.5) is 4.79 Å².